The first-order valence-electron chi connectivity index (χ1n) is 11.0. The van der Waals surface area contributed by atoms with Gasteiger partial charge in [0, 0.05) is 53.9 Å². The molecule has 2 atom stereocenters. The minimum absolute atomic E-state index is 0.144. The molecule has 0 unspecified atom stereocenters. The van der Waals surface area contributed by atoms with Crippen molar-refractivity contribution in [2.45, 2.75) is 25.5 Å². The molecule has 0 saturated carbocycles. The fourth-order valence-corrected chi connectivity index (χ4v) is 4.05. The molecule has 2 aromatic carbocycles. The number of amides is 3. The normalized spacial score (nSPS) is 17.4. The minimum atomic E-state index is -0.694. The largest absolute Gasteiger partial charge is 0.377 e. The lowest BCUT2D eigenvalue weighted by molar-refractivity contribution is -0.119. The average molecular weight is 481 g/mol. The monoisotopic (exact) mass is 480 g/mol. The van der Waals surface area contributed by atoms with Gasteiger partial charge < -0.3 is 20.3 Å². The number of carbonyl (C=O) groups excluding carboxylic acids is 2. The number of likely N-dealkylation sites (tertiary alicyclic amines) is 1. The Morgan fingerprint density at radius 2 is 1.68 bits per heavy atom. The Bertz CT molecular complexity index is 1210. The van der Waals surface area contributed by atoms with Gasteiger partial charge in [-0.3, -0.25) is 14.2 Å². The summed E-state index contributed by atoms with van der Waals surface area (Å²) in [7, 11) is 0. The molecule has 9 heteroatoms. The number of benzene rings is 2. The predicted octanol–water partition coefficient (Wildman–Crippen LogP) is 4.14. The third-order valence-electron chi connectivity index (χ3n) is 5.56. The topological polar surface area (TPSA) is 92.7 Å². The first-order chi connectivity index (χ1) is 16.4. The van der Waals surface area contributed by atoms with E-state index in [1.807, 2.05) is 6.92 Å². The van der Waals surface area contributed by atoms with E-state index in [-0.39, 0.29) is 23.6 Å². The molecular formula is C25H25ClN4O4. The smallest absolute Gasteiger partial charge is 0.322 e. The number of nitrogens with one attached hydrogen (secondary N) is 2. The highest BCUT2D eigenvalue weighted by Gasteiger charge is 2.40. The molecule has 2 N–H and O–H groups in total. The van der Waals surface area contributed by atoms with E-state index in [9.17, 15) is 14.4 Å². The standard InChI is InChI=1S/C25H25ClN4O4/c1-2-34-21-15-22(30(16-21)25(33)28-19-8-6-17(26)7-9-19)24(32)27-18-10-12-20(13-11-18)29-14-4-3-5-23(29)31/h3-14,21-22H,2,15-16H2,1H3,(H,27,32)(H,28,33)/t21-,22-/m1/s1. The second-order valence-electron chi connectivity index (χ2n) is 7.86. The number of nitrogens with zero attached hydrogens (tertiary/aromatic N) is 2. The zero-order valence-electron chi connectivity index (χ0n) is 18.6. The molecule has 1 saturated heterocycles. The van der Waals surface area contributed by atoms with E-state index in [0.29, 0.717) is 41.7 Å². The van der Waals surface area contributed by atoms with Crippen molar-refractivity contribution in [1.82, 2.24) is 9.47 Å². The van der Waals surface area contributed by atoms with Crippen molar-refractivity contribution in [2.75, 3.05) is 23.8 Å². The Morgan fingerprint density at radius 1 is 1.00 bits per heavy atom. The highest BCUT2D eigenvalue weighted by Crippen LogP contribution is 2.24. The summed E-state index contributed by atoms with van der Waals surface area (Å²) in [5.74, 6) is -0.307. The van der Waals surface area contributed by atoms with Crippen LogP contribution in [0.25, 0.3) is 5.69 Å². The third-order valence-corrected chi connectivity index (χ3v) is 5.81. The molecule has 34 heavy (non-hydrogen) atoms. The molecule has 4 rings (SSSR count). The van der Waals surface area contributed by atoms with E-state index in [2.05, 4.69) is 10.6 Å². The van der Waals surface area contributed by atoms with E-state index in [1.54, 1.807) is 66.9 Å². The average Bonchev–Trinajstić information content (AvgIpc) is 3.26. The van der Waals surface area contributed by atoms with E-state index >= 15 is 0 Å². The Labute approximate surface area is 202 Å². The van der Waals surface area contributed by atoms with Crippen LogP contribution in [0.2, 0.25) is 5.02 Å². The molecular weight excluding hydrogens is 456 g/mol. The lowest BCUT2D eigenvalue weighted by atomic mass is 10.1. The molecule has 0 spiro atoms. The van der Waals surface area contributed by atoms with Crippen LogP contribution in [0, 0.1) is 0 Å². The predicted molar refractivity (Wildman–Crippen MR) is 132 cm³/mol. The number of halogens is 1. The summed E-state index contributed by atoms with van der Waals surface area (Å²) in [5.41, 5.74) is 1.69. The molecule has 3 amide bonds. The van der Waals surface area contributed by atoms with E-state index in [1.165, 1.54) is 15.5 Å². The zero-order valence-corrected chi connectivity index (χ0v) is 19.4. The number of aromatic nitrogens is 1. The van der Waals surface area contributed by atoms with Crippen LogP contribution in [0.3, 0.4) is 0 Å². The van der Waals surface area contributed by atoms with Crippen LogP contribution >= 0.6 is 11.6 Å². The summed E-state index contributed by atoms with van der Waals surface area (Å²) in [6, 6.07) is 17.6. The summed E-state index contributed by atoms with van der Waals surface area (Å²) in [6.45, 7) is 2.68. The number of rotatable bonds is 6. The molecule has 1 fully saturated rings. The van der Waals surface area contributed by atoms with Crippen molar-refractivity contribution in [3.63, 3.8) is 0 Å². The van der Waals surface area contributed by atoms with Gasteiger partial charge in [0.05, 0.1) is 6.10 Å². The lowest BCUT2D eigenvalue weighted by Gasteiger charge is -2.24. The van der Waals surface area contributed by atoms with Gasteiger partial charge in [-0.25, -0.2) is 4.79 Å². The van der Waals surface area contributed by atoms with Gasteiger partial charge >= 0.3 is 6.03 Å². The van der Waals surface area contributed by atoms with Crippen molar-refractivity contribution >= 4 is 34.9 Å². The molecule has 176 valence electrons. The van der Waals surface area contributed by atoms with Gasteiger partial charge in [-0.05, 0) is 61.5 Å². The zero-order chi connectivity index (χ0) is 24.1. The Balaban J connectivity index is 1.47. The van der Waals surface area contributed by atoms with Crippen molar-refractivity contribution in [3.05, 3.63) is 88.3 Å². The van der Waals surface area contributed by atoms with Crippen LogP contribution in [0.4, 0.5) is 16.2 Å². The molecule has 3 aromatic rings. The van der Waals surface area contributed by atoms with Crippen molar-refractivity contribution < 1.29 is 14.3 Å². The Kier molecular flexibility index (Phi) is 7.30. The molecule has 0 bridgehead atoms. The summed E-state index contributed by atoms with van der Waals surface area (Å²) >= 11 is 5.91. The van der Waals surface area contributed by atoms with Crippen LogP contribution in [0.5, 0.6) is 0 Å². The summed E-state index contributed by atoms with van der Waals surface area (Å²) < 4.78 is 7.22. The van der Waals surface area contributed by atoms with E-state index < -0.39 is 6.04 Å². The summed E-state index contributed by atoms with van der Waals surface area (Å²) in [5, 5.41) is 6.25. The van der Waals surface area contributed by atoms with Gasteiger partial charge in [-0.1, -0.05) is 17.7 Å². The summed E-state index contributed by atoms with van der Waals surface area (Å²) in [4.78, 5) is 39.6. The van der Waals surface area contributed by atoms with E-state index in [0.717, 1.165) is 0 Å². The maximum Gasteiger partial charge on any atom is 0.322 e. The maximum absolute atomic E-state index is 13.1. The maximum atomic E-state index is 13.1. The first kappa shape index (κ1) is 23.5. The van der Waals surface area contributed by atoms with Gasteiger partial charge in [-0.2, -0.15) is 0 Å². The SMILES string of the molecule is CCO[C@@H]1C[C@H](C(=O)Nc2ccc(-n3ccccc3=O)cc2)N(C(=O)Nc2ccc(Cl)cc2)C1. The van der Waals surface area contributed by atoms with Gasteiger partial charge in [0.15, 0.2) is 0 Å². The van der Waals surface area contributed by atoms with Gasteiger partial charge in [-0.15, -0.1) is 0 Å². The molecule has 1 aliphatic heterocycles. The first-order valence-corrected chi connectivity index (χ1v) is 11.4. The fraction of sp³-hybridized carbons (Fsp3) is 0.240. The van der Waals surface area contributed by atoms with Crippen molar-refractivity contribution in [3.8, 4) is 5.69 Å². The number of hydrogen-bond donors (Lipinski definition) is 2. The third kappa shape index (κ3) is 5.47. The van der Waals surface area contributed by atoms with Gasteiger partial charge in [0.1, 0.15) is 6.04 Å². The minimum Gasteiger partial charge on any atom is -0.377 e. The molecule has 1 aromatic heterocycles. The number of pyridine rings is 1. The molecule has 1 aliphatic rings. The van der Waals surface area contributed by atoms with E-state index in [4.69, 9.17) is 16.3 Å². The number of hydrogen-bond acceptors (Lipinski definition) is 4. The second kappa shape index (κ2) is 10.5. The van der Waals surface area contributed by atoms with Crippen molar-refractivity contribution in [2.24, 2.45) is 0 Å². The van der Waals surface area contributed by atoms with Gasteiger partial charge in [0.25, 0.3) is 5.56 Å². The van der Waals surface area contributed by atoms with Crippen LogP contribution in [0.1, 0.15) is 13.3 Å². The Hall–Kier alpha value is -3.62. The number of carbonyl (C=O) groups is 2. The fourth-order valence-electron chi connectivity index (χ4n) is 3.93. The van der Waals surface area contributed by atoms with Crippen molar-refractivity contribution in [1.29, 1.82) is 0 Å². The second-order valence-corrected chi connectivity index (χ2v) is 8.30. The van der Waals surface area contributed by atoms with Crippen LogP contribution in [-0.4, -0.2) is 46.7 Å². The lowest BCUT2D eigenvalue weighted by Crippen LogP contribution is -2.45. The molecule has 8 nitrogen and oxygen atoms in total. The number of anilines is 2. The molecule has 0 radical (unpaired) electrons. The van der Waals surface area contributed by atoms with Crippen LogP contribution in [0.15, 0.2) is 77.7 Å². The molecule has 2 heterocycles. The highest BCUT2D eigenvalue weighted by molar-refractivity contribution is 6.30. The van der Waals surface area contributed by atoms with Crippen LogP contribution < -0.4 is 16.2 Å². The highest BCUT2D eigenvalue weighted by atomic mass is 35.5. The van der Waals surface area contributed by atoms with Gasteiger partial charge in [0.2, 0.25) is 5.91 Å². The Morgan fingerprint density at radius 3 is 2.35 bits per heavy atom. The molecule has 0 aliphatic carbocycles. The number of ether oxygens (including phenoxy) is 1. The summed E-state index contributed by atoms with van der Waals surface area (Å²) in [6.07, 6.45) is 1.84. The van der Waals surface area contributed by atoms with Crippen LogP contribution in [-0.2, 0) is 9.53 Å². The quantitative estimate of drug-likeness (QED) is 0.554. The number of urea groups is 1.